The van der Waals surface area contributed by atoms with Gasteiger partial charge in [-0.1, -0.05) is 30.3 Å². The van der Waals surface area contributed by atoms with Crippen molar-refractivity contribution in [2.75, 3.05) is 34.4 Å². The summed E-state index contributed by atoms with van der Waals surface area (Å²) >= 11 is 0. The molecule has 1 fully saturated rings. The first kappa shape index (κ1) is 33.6. The predicted octanol–water partition coefficient (Wildman–Crippen LogP) is 5.81. The topological polar surface area (TPSA) is 94.1 Å². The highest BCUT2D eigenvalue weighted by Crippen LogP contribution is 2.38. The smallest absolute Gasteiger partial charge is 0.295 e. The van der Waals surface area contributed by atoms with Crippen molar-refractivity contribution in [3.8, 4) is 17.2 Å². The van der Waals surface area contributed by atoms with Crippen LogP contribution in [0.25, 0.3) is 0 Å². The Balaban J connectivity index is 1.40. The molecule has 2 aromatic heterocycles. The third-order valence-corrected chi connectivity index (χ3v) is 8.98. The highest BCUT2D eigenvalue weighted by atomic mass is 16.5. The minimum Gasteiger partial charge on any atom is -0.493 e. The maximum absolute atomic E-state index is 13.9. The number of aromatic nitrogens is 2. The van der Waals surface area contributed by atoms with Crippen LogP contribution in [0.3, 0.4) is 0 Å². The fraction of sp³-hybridized carbons (Fsp3) is 0.368. The number of aryl methyl sites for hydroxylation is 2. The van der Waals surface area contributed by atoms with E-state index in [1.807, 2.05) is 30.9 Å². The first-order chi connectivity index (χ1) is 23.0. The van der Waals surface area contributed by atoms with Gasteiger partial charge in [0, 0.05) is 62.1 Å². The summed E-state index contributed by atoms with van der Waals surface area (Å²) < 4.78 is 16.3. The van der Waals surface area contributed by atoms with Crippen molar-refractivity contribution < 1.29 is 23.8 Å². The molecule has 0 N–H and O–H groups in total. The number of amides is 1. The number of ether oxygens (including phenoxy) is 3. The Morgan fingerprint density at radius 2 is 1.38 bits per heavy atom. The first-order valence-corrected chi connectivity index (χ1v) is 16.2. The highest BCUT2D eigenvalue weighted by molar-refractivity contribution is 6.43. The Labute approximate surface area is 277 Å². The average molecular weight is 637 g/mol. The van der Waals surface area contributed by atoms with Crippen LogP contribution in [0.1, 0.15) is 52.7 Å². The lowest BCUT2D eigenvalue weighted by molar-refractivity contribution is -0.127. The van der Waals surface area contributed by atoms with Crippen LogP contribution in [-0.2, 0) is 24.2 Å². The monoisotopic (exact) mass is 636 g/mol. The zero-order valence-corrected chi connectivity index (χ0v) is 27.5. The fourth-order valence-electron chi connectivity index (χ4n) is 6.47. The normalized spacial score (nSPS) is 14.4. The Kier molecular flexibility index (Phi) is 11.9. The minimum absolute atomic E-state index is 0.0958. The average Bonchev–Trinajstić information content (AvgIpc) is 3.59. The number of Topliss-reactive ketones (excluding diaryl/α,β-unsaturated/α-hetero) is 1. The van der Waals surface area contributed by atoms with Gasteiger partial charge in [-0.2, -0.15) is 0 Å². The van der Waals surface area contributed by atoms with Crippen LogP contribution in [0.15, 0.2) is 91.5 Å². The van der Waals surface area contributed by atoms with Gasteiger partial charge in [0.1, 0.15) is 0 Å². The van der Waals surface area contributed by atoms with E-state index in [4.69, 9.17) is 14.2 Å². The lowest BCUT2D eigenvalue weighted by Crippen LogP contribution is -2.48. The number of nitrogens with zero attached hydrogens (tertiary/aromatic N) is 4. The Hall–Kier alpha value is -4.76. The van der Waals surface area contributed by atoms with Crippen LogP contribution in [0, 0.1) is 0 Å². The van der Waals surface area contributed by atoms with E-state index in [9.17, 15) is 9.59 Å². The number of hydrogen-bond acceptors (Lipinski definition) is 8. The second-order valence-corrected chi connectivity index (χ2v) is 11.9. The van der Waals surface area contributed by atoms with Gasteiger partial charge in [-0.05, 0) is 91.6 Å². The summed E-state index contributed by atoms with van der Waals surface area (Å²) in [4.78, 5) is 40.2. The number of carbonyl (C=O) groups excluding carboxylic acids is 2. The molecule has 0 unspecified atom stereocenters. The molecule has 4 aromatic rings. The lowest BCUT2D eigenvalue weighted by atomic mass is 9.97. The molecule has 9 heteroatoms. The van der Waals surface area contributed by atoms with E-state index < -0.39 is 11.7 Å². The van der Waals surface area contributed by atoms with Crippen molar-refractivity contribution in [2.24, 2.45) is 0 Å². The molecular formula is C38H44N4O5. The number of ketones is 1. The summed E-state index contributed by atoms with van der Waals surface area (Å²) in [7, 11) is 4.49. The van der Waals surface area contributed by atoms with E-state index in [2.05, 4.69) is 63.4 Å². The molecule has 0 radical (unpaired) electrons. The summed E-state index contributed by atoms with van der Waals surface area (Å²) in [6.45, 7) is 1.95. The molecule has 0 saturated carbocycles. The summed E-state index contributed by atoms with van der Waals surface area (Å²) in [6.07, 6.45) is 12.8. The molecule has 9 nitrogen and oxygen atoms in total. The van der Waals surface area contributed by atoms with Crippen LogP contribution in [0.5, 0.6) is 17.2 Å². The van der Waals surface area contributed by atoms with Crippen LogP contribution < -0.4 is 14.2 Å². The van der Waals surface area contributed by atoms with Crippen molar-refractivity contribution in [1.82, 2.24) is 19.8 Å². The standard InChI is InChI=1S/C38H44N4O5/c1-45-34-24-31(25-35(46-2)37(34)47-3)36(43)38(44)42-23-7-10-33(42)27-41(26-30-8-5-4-6-9-30)32(13-11-28-15-19-39-20-16-28)14-12-29-17-21-40-22-18-29/h4-6,8-9,15-22,24-25,32-33H,7,10-14,23,26-27H2,1-3H3/t33-/m0/s1. The maximum Gasteiger partial charge on any atom is 0.295 e. The quantitative estimate of drug-likeness (QED) is 0.112. The Morgan fingerprint density at radius 1 is 0.809 bits per heavy atom. The molecule has 1 atom stereocenters. The number of rotatable bonds is 16. The van der Waals surface area contributed by atoms with Crippen molar-refractivity contribution in [2.45, 2.75) is 57.2 Å². The third-order valence-electron chi connectivity index (χ3n) is 8.98. The van der Waals surface area contributed by atoms with Gasteiger partial charge in [-0.3, -0.25) is 24.5 Å². The molecule has 1 aliphatic heterocycles. The van der Waals surface area contributed by atoms with Crippen LogP contribution in [0.2, 0.25) is 0 Å². The summed E-state index contributed by atoms with van der Waals surface area (Å²) in [5.74, 6) is -0.0501. The fourth-order valence-corrected chi connectivity index (χ4v) is 6.47. The van der Waals surface area contributed by atoms with Crippen LogP contribution >= 0.6 is 0 Å². The second kappa shape index (κ2) is 16.7. The summed E-state index contributed by atoms with van der Waals surface area (Å²) in [5, 5.41) is 0. The minimum atomic E-state index is -0.585. The van der Waals surface area contributed by atoms with Gasteiger partial charge in [0.05, 0.1) is 21.3 Å². The molecule has 0 bridgehead atoms. The molecule has 47 heavy (non-hydrogen) atoms. The van der Waals surface area contributed by atoms with Gasteiger partial charge in [-0.25, -0.2) is 0 Å². The second-order valence-electron chi connectivity index (χ2n) is 11.9. The molecule has 1 amide bonds. The van der Waals surface area contributed by atoms with Crippen molar-refractivity contribution in [3.05, 3.63) is 114 Å². The molecule has 2 aromatic carbocycles. The molecule has 246 valence electrons. The van der Waals surface area contributed by atoms with E-state index in [1.54, 1.807) is 17.0 Å². The SMILES string of the molecule is COc1cc(C(=O)C(=O)N2CCC[C@H]2CN(Cc2ccccc2)C(CCc2ccncc2)CCc2ccncc2)cc(OC)c1OC. The number of likely N-dealkylation sites (tertiary alicyclic amines) is 1. The number of pyridine rings is 2. The molecular weight excluding hydrogens is 592 g/mol. The summed E-state index contributed by atoms with van der Waals surface area (Å²) in [5.41, 5.74) is 3.93. The third kappa shape index (κ3) is 8.74. The molecule has 0 spiro atoms. The Bertz CT molecular complexity index is 1520. The van der Waals surface area contributed by atoms with E-state index in [-0.39, 0.29) is 17.6 Å². The number of hydrogen-bond donors (Lipinski definition) is 0. The lowest BCUT2D eigenvalue weighted by Gasteiger charge is -2.36. The van der Waals surface area contributed by atoms with Crippen LogP contribution in [0.4, 0.5) is 0 Å². The molecule has 0 aliphatic carbocycles. The highest BCUT2D eigenvalue weighted by Gasteiger charge is 2.36. The molecule has 1 saturated heterocycles. The zero-order valence-electron chi connectivity index (χ0n) is 27.5. The van der Waals surface area contributed by atoms with Gasteiger partial charge in [-0.15, -0.1) is 0 Å². The number of carbonyl (C=O) groups is 2. The van der Waals surface area contributed by atoms with E-state index in [0.29, 0.717) is 30.3 Å². The maximum atomic E-state index is 13.9. The van der Waals surface area contributed by atoms with Gasteiger partial charge in [0.2, 0.25) is 5.75 Å². The zero-order chi connectivity index (χ0) is 33.0. The molecule has 1 aliphatic rings. The number of benzene rings is 2. The van der Waals surface area contributed by atoms with Gasteiger partial charge < -0.3 is 19.1 Å². The number of methoxy groups -OCH3 is 3. The van der Waals surface area contributed by atoms with Crippen molar-refractivity contribution in [1.29, 1.82) is 0 Å². The van der Waals surface area contributed by atoms with E-state index in [0.717, 1.165) is 45.1 Å². The molecule has 5 rings (SSSR count). The Morgan fingerprint density at radius 3 is 1.91 bits per heavy atom. The van der Waals surface area contributed by atoms with Crippen LogP contribution in [-0.4, -0.2) is 78.0 Å². The van der Waals surface area contributed by atoms with Gasteiger partial charge >= 0.3 is 0 Å². The van der Waals surface area contributed by atoms with Gasteiger partial charge in [0.15, 0.2) is 11.5 Å². The van der Waals surface area contributed by atoms with Gasteiger partial charge in [0.25, 0.3) is 11.7 Å². The summed E-state index contributed by atoms with van der Waals surface area (Å²) in [6, 6.07) is 22.0. The van der Waals surface area contributed by atoms with E-state index >= 15 is 0 Å². The van der Waals surface area contributed by atoms with E-state index in [1.165, 1.54) is 38.0 Å². The first-order valence-electron chi connectivity index (χ1n) is 16.2. The predicted molar refractivity (Wildman–Crippen MR) is 181 cm³/mol. The van der Waals surface area contributed by atoms with Crippen molar-refractivity contribution in [3.63, 3.8) is 0 Å². The van der Waals surface area contributed by atoms with Crippen molar-refractivity contribution >= 4 is 11.7 Å². The largest absolute Gasteiger partial charge is 0.493 e. The molecule has 3 heterocycles.